The zero-order chi connectivity index (χ0) is 13.8. The van der Waals surface area contributed by atoms with E-state index in [0.717, 1.165) is 40.3 Å². The largest absolute Gasteiger partial charge is 0.493 e. The molecule has 1 saturated carbocycles. The summed E-state index contributed by atoms with van der Waals surface area (Å²) < 4.78 is 12.5. The van der Waals surface area contributed by atoms with Crippen molar-refractivity contribution in [3.63, 3.8) is 0 Å². The molecular formula is C15H22BrNO2. The Morgan fingerprint density at radius 1 is 1.37 bits per heavy atom. The van der Waals surface area contributed by atoms with Gasteiger partial charge >= 0.3 is 0 Å². The van der Waals surface area contributed by atoms with Crippen LogP contribution in [-0.4, -0.2) is 13.2 Å². The Morgan fingerprint density at radius 3 is 2.79 bits per heavy atom. The van der Waals surface area contributed by atoms with E-state index in [1.54, 1.807) is 7.11 Å². The van der Waals surface area contributed by atoms with E-state index in [1.807, 2.05) is 12.1 Å². The molecule has 1 fully saturated rings. The maximum absolute atomic E-state index is 6.17. The minimum absolute atomic E-state index is 0.290. The number of rotatable bonds is 4. The van der Waals surface area contributed by atoms with Gasteiger partial charge in [0.25, 0.3) is 0 Å². The highest BCUT2D eigenvalue weighted by Gasteiger charge is 2.22. The highest BCUT2D eigenvalue weighted by Crippen LogP contribution is 2.39. The molecule has 19 heavy (non-hydrogen) atoms. The molecule has 106 valence electrons. The van der Waals surface area contributed by atoms with Crippen molar-refractivity contribution in [3.05, 3.63) is 22.2 Å². The van der Waals surface area contributed by atoms with Gasteiger partial charge in [-0.2, -0.15) is 0 Å². The lowest BCUT2D eigenvalue weighted by Crippen LogP contribution is -2.24. The minimum atomic E-state index is 0.290. The van der Waals surface area contributed by atoms with Gasteiger partial charge in [-0.1, -0.05) is 13.3 Å². The topological polar surface area (TPSA) is 44.5 Å². The molecule has 0 aliphatic heterocycles. The molecule has 0 amide bonds. The lowest BCUT2D eigenvalue weighted by Gasteiger charge is -2.28. The third-order valence-electron chi connectivity index (χ3n) is 3.70. The second-order valence-corrected chi connectivity index (χ2v) is 6.18. The van der Waals surface area contributed by atoms with Crippen molar-refractivity contribution >= 4 is 15.9 Å². The molecule has 1 aliphatic carbocycles. The van der Waals surface area contributed by atoms with Crippen LogP contribution in [0.4, 0.5) is 0 Å². The Hall–Kier alpha value is -0.740. The summed E-state index contributed by atoms with van der Waals surface area (Å²) >= 11 is 3.56. The summed E-state index contributed by atoms with van der Waals surface area (Å²) in [5.41, 5.74) is 6.71. The van der Waals surface area contributed by atoms with E-state index in [4.69, 9.17) is 15.2 Å². The third kappa shape index (κ3) is 3.63. The van der Waals surface area contributed by atoms with Gasteiger partial charge in [0.05, 0.1) is 17.7 Å². The molecule has 0 saturated heterocycles. The van der Waals surface area contributed by atoms with Crippen LogP contribution in [0.25, 0.3) is 0 Å². The van der Waals surface area contributed by atoms with E-state index < -0.39 is 0 Å². The van der Waals surface area contributed by atoms with E-state index in [2.05, 4.69) is 22.9 Å². The summed E-state index contributed by atoms with van der Waals surface area (Å²) in [6.45, 7) is 2.79. The second kappa shape index (κ2) is 6.62. The Kier molecular flexibility index (Phi) is 5.11. The quantitative estimate of drug-likeness (QED) is 0.912. The number of ether oxygens (including phenoxy) is 2. The first-order chi connectivity index (χ1) is 9.13. The fourth-order valence-corrected chi connectivity index (χ4v) is 3.24. The van der Waals surface area contributed by atoms with Crippen molar-refractivity contribution in [2.75, 3.05) is 7.11 Å². The molecule has 2 rings (SSSR count). The Morgan fingerprint density at radius 2 is 2.16 bits per heavy atom. The highest BCUT2D eigenvalue weighted by atomic mass is 79.9. The lowest BCUT2D eigenvalue weighted by atomic mass is 9.89. The number of methoxy groups -OCH3 is 1. The predicted molar refractivity (Wildman–Crippen MR) is 80.6 cm³/mol. The van der Waals surface area contributed by atoms with Gasteiger partial charge in [-0.3, -0.25) is 0 Å². The predicted octanol–water partition coefficient (Wildman–Crippen LogP) is 3.87. The summed E-state index contributed by atoms with van der Waals surface area (Å²) in [5, 5.41) is 0. The number of hydrogen-bond donors (Lipinski definition) is 1. The van der Waals surface area contributed by atoms with E-state index in [1.165, 1.54) is 12.8 Å². The van der Waals surface area contributed by atoms with Crippen molar-refractivity contribution in [2.45, 2.75) is 45.3 Å². The Balaban J connectivity index is 2.18. The smallest absolute Gasteiger partial charge is 0.175 e. The van der Waals surface area contributed by atoms with Crippen LogP contribution in [-0.2, 0) is 6.54 Å². The molecule has 3 nitrogen and oxygen atoms in total. The van der Waals surface area contributed by atoms with Crippen molar-refractivity contribution in [1.82, 2.24) is 0 Å². The van der Waals surface area contributed by atoms with E-state index in [0.29, 0.717) is 6.54 Å². The van der Waals surface area contributed by atoms with Gasteiger partial charge in [-0.15, -0.1) is 0 Å². The van der Waals surface area contributed by atoms with Crippen molar-refractivity contribution < 1.29 is 9.47 Å². The lowest BCUT2D eigenvalue weighted by molar-refractivity contribution is 0.124. The van der Waals surface area contributed by atoms with Gasteiger partial charge in [0.2, 0.25) is 0 Å². The summed E-state index contributed by atoms with van der Waals surface area (Å²) in [7, 11) is 1.67. The van der Waals surface area contributed by atoms with Crippen LogP contribution in [0.5, 0.6) is 11.5 Å². The van der Waals surface area contributed by atoms with Crippen LogP contribution < -0.4 is 15.2 Å². The van der Waals surface area contributed by atoms with Crippen LogP contribution >= 0.6 is 15.9 Å². The number of benzene rings is 1. The zero-order valence-electron chi connectivity index (χ0n) is 11.6. The van der Waals surface area contributed by atoms with Crippen LogP contribution in [0.3, 0.4) is 0 Å². The number of halogens is 1. The van der Waals surface area contributed by atoms with E-state index in [9.17, 15) is 0 Å². The molecule has 0 bridgehead atoms. The van der Waals surface area contributed by atoms with Crippen molar-refractivity contribution in [1.29, 1.82) is 0 Å². The molecule has 2 unspecified atom stereocenters. The fraction of sp³-hybridized carbons (Fsp3) is 0.600. The van der Waals surface area contributed by atoms with Gasteiger partial charge in [0, 0.05) is 6.54 Å². The number of hydrogen-bond acceptors (Lipinski definition) is 3. The molecule has 2 atom stereocenters. The normalized spacial score (nSPS) is 23.2. The van der Waals surface area contributed by atoms with Crippen molar-refractivity contribution in [2.24, 2.45) is 11.7 Å². The van der Waals surface area contributed by atoms with Gasteiger partial charge in [-0.25, -0.2) is 0 Å². The maximum Gasteiger partial charge on any atom is 0.175 e. The first kappa shape index (κ1) is 14.7. The standard InChI is InChI=1S/C15H22BrNO2/c1-10-4-3-5-12(6-10)19-15-13(16)7-11(9-17)8-14(15)18-2/h7-8,10,12H,3-6,9,17H2,1-2H3. The fourth-order valence-electron chi connectivity index (χ4n) is 2.66. The molecule has 0 aromatic heterocycles. The zero-order valence-corrected chi connectivity index (χ0v) is 13.2. The summed E-state index contributed by atoms with van der Waals surface area (Å²) in [6, 6.07) is 3.95. The van der Waals surface area contributed by atoms with Gasteiger partial charge in [0.1, 0.15) is 0 Å². The molecular weight excluding hydrogens is 306 g/mol. The van der Waals surface area contributed by atoms with E-state index >= 15 is 0 Å². The minimum Gasteiger partial charge on any atom is -0.493 e. The Bertz CT molecular complexity index is 436. The van der Waals surface area contributed by atoms with Crippen LogP contribution in [0, 0.1) is 5.92 Å². The van der Waals surface area contributed by atoms with Crippen LogP contribution in [0.15, 0.2) is 16.6 Å². The molecule has 1 aromatic carbocycles. The number of nitrogens with two attached hydrogens (primary N) is 1. The highest BCUT2D eigenvalue weighted by molar-refractivity contribution is 9.10. The molecule has 1 aliphatic rings. The molecule has 0 radical (unpaired) electrons. The van der Waals surface area contributed by atoms with Gasteiger partial charge in [-0.05, 0) is 58.8 Å². The third-order valence-corrected chi connectivity index (χ3v) is 4.29. The van der Waals surface area contributed by atoms with E-state index in [-0.39, 0.29) is 6.10 Å². The average molecular weight is 328 g/mol. The average Bonchev–Trinajstić information content (AvgIpc) is 2.40. The summed E-state index contributed by atoms with van der Waals surface area (Å²) in [6.07, 6.45) is 5.08. The molecule has 2 N–H and O–H groups in total. The summed E-state index contributed by atoms with van der Waals surface area (Å²) in [4.78, 5) is 0. The molecule has 0 heterocycles. The van der Waals surface area contributed by atoms with Gasteiger partial charge in [0.15, 0.2) is 11.5 Å². The molecule has 1 aromatic rings. The van der Waals surface area contributed by atoms with Crippen LogP contribution in [0.1, 0.15) is 38.2 Å². The maximum atomic E-state index is 6.17. The first-order valence-electron chi connectivity index (χ1n) is 6.87. The van der Waals surface area contributed by atoms with Crippen molar-refractivity contribution in [3.8, 4) is 11.5 Å². The monoisotopic (exact) mass is 327 g/mol. The summed E-state index contributed by atoms with van der Waals surface area (Å²) in [5.74, 6) is 2.30. The van der Waals surface area contributed by atoms with Crippen LogP contribution in [0.2, 0.25) is 0 Å². The first-order valence-corrected chi connectivity index (χ1v) is 7.66. The van der Waals surface area contributed by atoms with Gasteiger partial charge < -0.3 is 15.2 Å². The Labute approximate surface area is 123 Å². The molecule has 0 spiro atoms. The SMILES string of the molecule is COc1cc(CN)cc(Br)c1OC1CCCC(C)C1. The molecule has 4 heteroatoms. The second-order valence-electron chi connectivity index (χ2n) is 5.32.